The van der Waals surface area contributed by atoms with E-state index in [0.717, 1.165) is 11.1 Å². The molecule has 3 aromatic rings. The first-order valence-electron chi connectivity index (χ1n) is 10.9. The quantitative estimate of drug-likeness (QED) is 0.276. The van der Waals surface area contributed by atoms with Crippen molar-refractivity contribution in [2.24, 2.45) is 4.99 Å². The lowest BCUT2D eigenvalue weighted by Gasteiger charge is -2.12. The fraction of sp³-hybridized carbons (Fsp3) is 0.148. The molecule has 4 rings (SSSR count). The van der Waals surface area contributed by atoms with E-state index in [0.29, 0.717) is 45.2 Å². The monoisotopic (exact) mass is 506 g/mol. The molecule has 0 atom stereocenters. The molecule has 0 radical (unpaired) electrons. The number of hydrogen-bond acceptors (Lipinski definition) is 6. The number of methoxy groups -OCH3 is 1. The largest absolute Gasteiger partial charge is 0.489 e. The van der Waals surface area contributed by atoms with Gasteiger partial charge in [0.1, 0.15) is 12.4 Å². The van der Waals surface area contributed by atoms with Crippen LogP contribution in [0.5, 0.6) is 5.75 Å². The second kappa shape index (κ2) is 11.3. The fourth-order valence-corrected chi connectivity index (χ4v) is 4.61. The minimum atomic E-state index is -0.407. The van der Waals surface area contributed by atoms with Crippen molar-refractivity contribution in [1.29, 1.82) is 0 Å². The molecule has 178 valence electrons. The zero-order valence-electron chi connectivity index (χ0n) is 19.2. The number of nitrogens with zero attached hydrogens (tertiary/aromatic N) is 2. The molecule has 1 saturated heterocycles. The normalized spacial score (nSPS) is 15.6. The number of carbonyl (C=O) groups is 2. The van der Waals surface area contributed by atoms with Crippen LogP contribution in [0.15, 0.2) is 82.7 Å². The highest BCUT2D eigenvalue weighted by molar-refractivity contribution is 8.18. The third-order valence-electron chi connectivity index (χ3n) is 5.25. The highest BCUT2D eigenvalue weighted by Crippen LogP contribution is 2.34. The molecular formula is C27H23ClN2O4S. The average molecular weight is 507 g/mol. The summed E-state index contributed by atoms with van der Waals surface area (Å²) in [5.41, 5.74) is 2.89. The molecule has 1 heterocycles. The molecule has 1 aliphatic heterocycles. The predicted octanol–water partition coefficient (Wildman–Crippen LogP) is 6.33. The molecule has 1 aliphatic rings. The average Bonchev–Trinajstić information content (AvgIpc) is 3.17. The van der Waals surface area contributed by atoms with E-state index in [4.69, 9.17) is 21.1 Å². The molecule has 0 unspecified atom stereocenters. The summed E-state index contributed by atoms with van der Waals surface area (Å²) >= 11 is 7.50. The van der Waals surface area contributed by atoms with Crippen LogP contribution in [0.25, 0.3) is 6.08 Å². The van der Waals surface area contributed by atoms with Gasteiger partial charge in [-0.3, -0.25) is 9.69 Å². The van der Waals surface area contributed by atoms with Crippen molar-refractivity contribution in [3.05, 3.63) is 99.4 Å². The maximum absolute atomic E-state index is 12.9. The molecule has 8 heteroatoms. The number of esters is 1. The van der Waals surface area contributed by atoms with Crippen LogP contribution in [0, 0.1) is 0 Å². The third kappa shape index (κ3) is 5.93. The zero-order chi connectivity index (χ0) is 24.8. The summed E-state index contributed by atoms with van der Waals surface area (Å²) in [5.74, 6) is 0.210. The van der Waals surface area contributed by atoms with Gasteiger partial charge < -0.3 is 9.47 Å². The molecule has 0 aromatic heterocycles. The van der Waals surface area contributed by atoms with Gasteiger partial charge in [0.2, 0.25) is 0 Å². The van der Waals surface area contributed by atoms with Gasteiger partial charge in [0.15, 0.2) is 5.17 Å². The lowest BCUT2D eigenvalue weighted by molar-refractivity contribution is -0.122. The van der Waals surface area contributed by atoms with Crippen LogP contribution in [-0.4, -0.2) is 35.6 Å². The third-order valence-corrected chi connectivity index (χ3v) is 6.62. The van der Waals surface area contributed by atoms with E-state index in [9.17, 15) is 9.59 Å². The summed E-state index contributed by atoms with van der Waals surface area (Å²) in [4.78, 5) is 31.4. The molecule has 35 heavy (non-hydrogen) atoms. The SMILES string of the molecule is CCN1C(=O)/C(=C\c2ccc(OCc3ccccc3Cl)cc2)SC1=Nc1ccc(C(=O)OC)cc1. The van der Waals surface area contributed by atoms with Gasteiger partial charge in [-0.15, -0.1) is 0 Å². The lowest BCUT2D eigenvalue weighted by atomic mass is 10.2. The molecule has 1 amide bonds. The molecular weight excluding hydrogens is 484 g/mol. The number of hydrogen-bond donors (Lipinski definition) is 0. The summed E-state index contributed by atoms with van der Waals surface area (Å²) in [6, 6.07) is 21.8. The van der Waals surface area contributed by atoms with Gasteiger partial charge in [0, 0.05) is 17.1 Å². The van der Waals surface area contributed by atoms with Crippen LogP contribution in [0.2, 0.25) is 5.02 Å². The second-order valence-electron chi connectivity index (χ2n) is 7.54. The molecule has 0 bridgehead atoms. The van der Waals surface area contributed by atoms with Gasteiger partial charge in [0.25, 0.3) is 5.91 Å². The number of likely N-dealkylation sites (N-methyl/N-ethyl adjacent to an activating group) is 1. The van der Waals surface area contributed by atoms with Crippen molar-refractivity contribution in [2.45, 2.75) is 13.5 Å². The maximum atomic E-state index is 12.9. The molecule has 1 fully saturated rings. The predicted molar refractivity (Wildman–Crippen MR) is 140 cm³/mol. The highest BCUT2D eigenvalue weighted by atomic mass is 35.5. The van der Waals surface area contributed by atoms with Crippen LogP contribution in [0.1, 0.15) is 28.4 Å². The smallest absolute Gasteiger partial charge is 0.337 e. The Kier molecular flexibility index (Phi) is 7.90. The first-order valence-corrected chi connectivity index (χ1v) is 12.1. The number of thioether (sulfide) groups is 1. The maximum Gasteiger partial charge on any atom is 0.337 e. The number of benzene rings is 3. The Morgan fingerprint density at radius 2 is 1.77 bits per heavy atom. The standard InChI is InChI=1S/C27H23ClN2O4S/c1-3-30-25(31)24(35-27(30)29-21-12-10-19(11-13-21)26(32)33-2)16-18-8-14-22(15-9-18)34-17-20-6-4-5-7-23(20)28/h4-16H,3,17H2,1-2H3/b24-16+,29-27?. The van der Waals surface area contributed by atoms with E-state index in [1.54, 1.807) is 29.2 Å². The van der Waals surface area contributed by atoms with Crippen LogP contribution in [0.4, 0.5) is 5.69 Å². The molecule has 3 aromatic carbocycles. The zero-order valence-corrected chi connectivity index (χ0v) is 20.8. The van der Waals surface area contributed by atoms with E-state index in [2.05, 4.69) is 4.99 Å². The highest BCUT2D eigenvalue weighted by Gasteiger charge is 2.32. The van der Waals surface area contributed by atoms with E-state index in [-0.39, 0.29) is 5.91 Å². The van der Waals surface area contributed by atoms with Gasteiger partial charge >= 0.3 is 5.97 Å². The van der Waals surface area contributed by atoms with Crippen molar-refractivity contribution in [3.8, 4) is 5.75 Å². The van der Waals surface area contributed by atoms with Crippen LogP contribution in [-0.2, 0) is 16.1 Å². The first-order chi connectivity index (χ1) is 17.0. The van der Waals surface area contributed by atoms with Crippen LogP contribution in [0.3, 0.4) is 0 Å². The number of ether oxygens (including phenoxy) is 2. The Morgan fingerprint density at radius 3 is 2.43 bits per heavy atom. The van der Waals surface area contributed by atoms with Crippen molar-refractivity contribution in [3.63, 3.8) is 0 Å². The van der Waals surface area contributed by atoms with Crippen molar-refractivity contribution in [1.82, 2.24) is 4.90 Å². The van der Waals surface area contributed by atoms with Crippen LogP contribution < -0.4 is 4.74 Å². The second-order valence-corrected chi connectivity index (χ2v) is 8.96. The van der Waals surface area contributed by atoms with Crippen LogP contribution >= 0.6 is 23.4 Å². The number of carbonyl (C=O) groups excluding carboxylic acids is 2. The summed E-state index contributed by atoms with van der Waals surface area (Å²) in [7, 11) is 1.34. The summed E-state index contributed by atoms with van der Waals surface area (Å²) in [6.45, 7) is 2.78. The lowest BCUT2D eigenvalue weighted by Crippen LogP contribution is -2.28. The van der Waals surface area contributed by atoms with Gasteiger partial charge in [0.05, 0.1) is 23.3 Å². The number of amides is 1. The van der Waals surface area contributed by atoms with Crippen molar-refractivity contribution < 1.29 is 19.1 Å². The molecule has 6 nitrogen and oxygen atoms in total. The minimum Gasteiger partial charge on any atom is -0.489 e. The van der Waals surface area contributed by atoms with E-state index in [1.165, 1.54) is 18.9 Å². The number of aliphatic imine (C=N–C) groups is 1. The summed E-state index contributed by atoms with van der Waals surface area (Å²) < 4.78 is 10.6. The Bertz CT molecular complexity index is 1290. The Morgan fingerprint density at radius 1 is 1.06 bits per heavy atom. The van der Waals surface area contributed by atoms with Gasteiger partial charge in [-0.05, 0) is 72.8 Å². The Labute approximate surface area is 213 Å². The van der Waals surface area contributed by atoms with Gasteiger partial charge in [-0.2, -0.15) is 0 Å². The summed E-state index contributed by atoms with van der Waals surface area (Å²) in [5, 5.41) is 1.26. The fourth-order valence-electron chi connectivity index (χ4n) is 3.36. The number of amidine groups is 1. The van der Waals surface area contributed by atoms with E-state index < -0.39 is 5.97 Å². The molecule has 0 saturated carbocycles. The number of halogens is 1. The van der Waals surface area contributed by atoms with Gasteiger partial charge in [-0.25, -0.2) is 9.79 Å². The molecule has 0 N–H and O–H groups in total. The Hall–Kier alpha value is -3.55. The van der Waals surface area contributed by atoms with Gasteiger partial charge in [-0.1, -0.05) is 41.9 Å². The van der Waals surface area contributed by atoms with Crippen molar-refractivity contribution in [2.75, 3.05) is 13.7 Å². The topological polar surface area (TPSA) is 68.2 Å². The molecule has 0 spiro atoms. The minimum absolute atomic E-state index is 0.0959. The first kappa shape index (κ1) is 24.6. The van der Waals surface area contributed by atoms with E-state index in [1.807, 2.05) is 61.5 Å². The number of rotatable bonds is 7. The summed E-state index contributed by atoms with van der Waals surface area (Å²) in [6.07, 6.45) is 1.84. The Balaban J connectivity index is 1.46. The molecule has 0 aliphatic carbocycles. The van der Waals surface area contributed by atoms with E-state index >= 15 is 0 Å². The van der Waals surface area contributed by atoms with Crippen molar-refractivity contribution >= 4 is 52.2 Å².